The van der Waals surface area contributed by atoms with Crippen LogP contribution in [0.15, 0.2) is 22.7 Å². The second kappa shape index (κ2) is 6.21. The summed E-state index contributed by atoms with van der Waals surface area (Å²) in [6, 6.07) is 6.91. The van der Waals surface area contributed by atoms with Crippen molar-refractivity contribution in [1.29, 1.82) is 0 Å². The van der Waals surface area contributed by atoms with Gasteiger partial charge in [-0.2, -0.15) is 0 Å². The molecule has 3 heteroatoms. The summed E-state index contributed by atoms with van der Waals surface area (Å²) in [4.78, 5) is 0. The van der Waals surface area contributed by atoms with Gasteiger partial charge in [-0.05, 0) is 59.3 Å². The Bertz CT molecular complexity index is 327. The number of rotatable bonds is 4. The Morgan fingerprint density at radius 1 is 1.47 bits per heavy atom. The number of hydrogen-bond donors (Lipinski definition) is 1. The molecule has 1 rings (SSSR count). The van der Waals surface area contributed by atoms with Crippen LogP contribution in [0.1, 0.15) is 31.9 Å². The minimum atomic E-state index is 0.444. The van der Waals surface area contributed by atoms with E-state index >= 15 is 0 Å². The summed E-state index contributed by atoms with van der Waals surface area (Å²) in [6.45, 7) is 4.53. The number of benzene rings is 1. The van der Waals surface area contributed by atoms with Crippen molar-refractivity contribution in [1.82, 2.24) is 5.32 Å². The van der Waals surface area contributed by atoms with E-state index in [9.17, 15) is 0 Å². The Morgan fingerprint density at radius 3 is 2.67 bits per heavy atom. The van der Waals surface area contributed by atoms with Crippen LogP contribution in [0.3, 0.4) is 0 Å². The highest BCUT2D eigenvalue weighted by Gasteiger charge is 2.18. The maximum atomic E-state index is 3.53. The molecule has 0 fully saturated rings. The van der Waals surface area contributed by atoms with Gasteiger partial charge in [0.05, 0.1) is 0 Å². The van der Waals surface area contributed by atoms with Crippen LogP contribution >= 0.6 is 38.5 Å². The predicted molar refractivity (Wildman–Crippen MR) is 78.1 cm³/mol. The normalized spacial score (nSPS) is 15.0. The molecule has 1 aromatic rings. The fourth-order valence-corrected chi connectivity index (χ4v) is 2.78. The van der Waals surface area contributed by atoms with Gasteiger partial charge in [0.25, 0.3) is 0 Å². The molecule has 0 aliphatic carbocycles. The van der Waals surface area contributed by atoms with E-state index in [0.29, 0.717) is 12.0 Å². The highest BCUT2D eigenvalue weighted by Crippen LogP contribution is 2.29. The zero-order valence-corrected chi connectivity index (χ0v) is 13.1. The van der Waals surface area contributed by atoms with E-state index in [1.807, 2.05) is 7.05 Å². The van der Waals surface area contributed by atoms with Crippen molar-refractivity contribution >= 4 is 38.5 Å². The summed E-state index contributed by atoms with van der Waals surface area (Å²) in [5, 5.41) is 3.41. The standard InChI is InChI=1S/C12H17BrIN/c1-4-8(2)12(15-3)10-7-9(13)5-6-11(10)14/h5-8,12,15H,4H2,1-3H3. The van der Waals surface area contributed by atoms with Crippen LogP contribution in [-0.4, -0.2) is 7.05 Å². The molecule has 2 atom stereocenters. The summed E-state index contributed by atoms with van der Waals surface area (Å²) in [5.41, 5.74) is 1.39. The third-order valence-electron chi connectivity index (χ3n) is 2.82. The molecular weight excluding hydrogens is 365 g/mol. The number of halogens is 2. The van der Waals surface area contributed by atoms with Crippen LogP contribution in [0.25, 0.3) is 0 Å². The highest BCUT2D eigenvalue weighted by molar-refractivity contribution is 14.1. The van der Waals surface area contributed by atoms with E-state index in [4.69, 9.17) is 0 Å². The molecule has 1 nitrogen and oxygen atoms in total. The molecule has 0 radical (unpaired) electrons. The largest absolute Gasteiger partial charge is 0.313 e. The van der Waals surface area contributed by atoms with Crippen molar-refractivity contribution in [3.8, 4) is 0 Å². The Kier molecular flexibility index (Phi) is 5.57. The van der Waals surface area contributed by atoms with Crippen molar-refractivity contribution in [3.05, 3.63) is 31.8 Å². The molecule has 0 saturated heterocycles. The number of nitrogens with one attached hydrogen (secondary N) is 1. The second-order valence-corrected chi connectivity index (χ2v) is 5.90. The van der Waals surface area contributed by atoms with Gasteiger partial charge < -0.3 is 5.32 Å². The molecule has 0 aliphatic heterocycles. The van der Waals surface area contributed by atoms with Crippen LogP contribution < -0.4 is 5.32 Å². The third kappa shape index (κ3) is 3.43. The monoisotopic (exact) mass is 381 g/mol. The first kappa shape index (κ1) is 13.5. The van der Waals surface area contributed by atoms with E-state index in [1.54, 1.807) is 0 Å². The number of hydrogen-bond acceptors (Lipinski definition) is 1. The van der Waals surface area contributed by atoms with Crippen LogP contribution in [0.5, 0.6) is 0 Å². The SMILES string of the molecule is CCC(C)C(NC)c1cc(Br)ccc1I. The van der Waals surface area contributed by atoms with Gasteiger partial charge in [-0.3, -0.25) is 0 Å². The Balaban J connectivity index is 3.05. The Morgan fingerprint density at radius 2 is 2.13 bits per heavy atom. The van der Waals surface area contributed by atoms with Crippen LogP contribution in [0.4, 0.5) is 0 Å². The topological polar surface area (TPSA) is 12.0 Å². The molecule has 0 heterocycles. The fraction of sp³-hybridized carbons (Fsp3) is 0.500. The molecular formula is C12H17BrIN. The van der Waals surface area contributed by atoms with Gasteiger partial charge in [0, 0.05) is 14.1 Å². The highest BCUT2D eigenvalue weighted by atomic mass is 127. The average Bonchev–Trinajstić information content (AvgIpc) is 2.23. The smallest absolute Gasteiger partial charge is 0.0354 e. The lowest BCUT2D eigenvalue weighted by atomic mass is 9.93. The summed E-state index contributed by atoms with van der Waals surface area (Å²) in [7, 11) is 2.04. The van der Waals surface area contributed by atoms with Crippen molar-refractivity contribution < 1.29 is 0 Å². The van der Waals surface area contributed by atoms with Crippen LogP contribution in [0.2, 0.25) is 0 Å². The molecule has 84 valence electrons. The second-order valence-electron chi connectivity index (χ2n) is 3.82. The zero-order chi connectivity index (χ0) is 11.4. The quantitative estimate of drug-likeness (QED) is 0.764. The van der Waals surface area contributed by atoms with Gasteiger partial charge in [-0.15, -0.1) is 0 Å². The molecule has 1 N–H and O–H groups in total. The lowest BCUT2D eigenvalue weighted by Gasteiger charge is -2.24. The van der Waals surface area contributed by atoms with E-state index in [-0.39, 0.29) is 0 Å². The molecule has 0 spiro atoms. The van der Waals surface area contributed by atoms with Gasteiger partial charge in [0.1, 0.15) is 0 Å². The van der Waals surface area contributed by atoms with Gasteiger partial charge in [-0.1, -0.05) is 36.2 Å². The lowest BCUT2D eigenvalue weighted by Crippen LogP contribution is -2.24. The molecule has 15 heavy (non-hydrogen) atoms. The van der Waals surface area contributed by atoms with Gasteiger partial charge in [0.15, 0.2) is 0 Å². The van der Waals surface area contributed by atoms with E-state index in [2.05, 4.69) is 75.9 Å². The minimum Gasteiger partial charge on any atom is -0.313 e. The predicted octanol–water partition coefficient (Wildman–Crippen LogP) is 4.36. The van der Waals surface area contributed by atoms with Crippen molar-refractivity contribution in [2.24, 2.45) is 5.92 Å². The first-order chi connectivity index (χ1) is 7.10. The zero-order valence-electron chi connectivity index (χ0n) is 9.35. The van der Waals surface area contributed by atoms with Gasteiger partial charge in [-0.25, -0.2) is 0 Å². The van der Waals surface area contributed by atoms with Crippen LogP contribution in [0, 0.1) is 9.49 Å². The molecule has 2 unspecified atom stereocenters. The van der Waals surface area contributed by atoms with E-state index in [0.717, 1.165) is 4.47 Å². The summed E-state index contributed by atoms with van der Waals surface area (Å²) in [5.74, 6) is 0.651. The molecule has 0 aliphatic rings. The lowest BCUT2D eigenvalue weighted by molar-refractivity contribution is 0.399. The molecule has 0 bridgehead atoms. The summed E-state index contributed by atoms with van der Waals surface area (Å²) in [6.07, 6.45) is 1.19. The minimum absolute atomic E-state index is 0.444. The molecule has 0 aromatic heterocycles. The maximum absolute atomic E-state index is 3.53. The van der Waals surface area contributed by atoms with Gasteiger partial charge in [0.2, 0.25) is 0 Å². The van der Waals surface area contributed by atoms with E-state index < -0.39 is 0 Å². The Labute approximate surface area is 114 Å². The first-order valence-corrected chi connectivity index (χ1v) is 7.09. The molecule has 0 saturated carbocycles. The molecule has 0 amide bonds. The van der Waals surface area contributed by atoms with Crippen molar-refractivity contribution in [2.45, 2.75) is 26.3 Å². The Hall–Kier alpha value is 0.390. The maximum Gasteiger partial charge on any atom is 0.0354 e. The summed E-state index contributed by atoms with van der Waals surface area (Å²) < 4.78 is 2.48. The molecule has 1 aromatic carbocycles. The third-order valence-corrected chi connectivity index (χ3v) is 4.29. The average molecular weight is 382 g/mol. The van der Waals surface area contributed by atoms with Crippen molar-refractivity contribution in [2.75, 3.05) is 7.05 Å². The van der Waals surface area contributed by atoms with Gasteiger partial charge >= 0.3 is 0 Å². The van der Waals surface area contributed by atoms with Crippen LogP contribution in [-0.2, 0) is 0 Å². The van der Waals surface area contributed by atoms with E-state index in [1.165, 1.54) is 15.6 Å². The fourth-order valence-electron chi connectivity index (χ4n) is 1.74. The summed E-state index contributed by atoms with van der Waals surface area (Å²) >= 11 is 5.94. The van der Waals surface area contributed by atoms with Crippen molar-refractivity contribution in [3.63, 3.8) is 0 Å². The first-order valence-electron chi connectivity index (χ1n) is 5.22.